The van der Waals surface area contributed by atoms with Crippen molar-refractivity contribution >= 4 is 34.1 Å². The van der Waals surface area contributed by atoms with Gasteiger partial charge >= 0.3 is 6.18 Å². The van der Waals surface area contributed by atoms with Crippen LogP contribution in [-0.4, -0.2) is 16.6 Å². The van der Waals surface area contributed by atoms with E-state index in [0.29, 0.717) is 10.0 Å². The number of hydrogen-bond acceptors (Lipinski definition) is 4. The van der Waals surface area contributed by atoms with Crippen LogP contribution >= 0.6 is 23.1 Å². The summed E-state index contributed by atoms with van der Waals surface area (Å²) in [4.78, 5) is 17.0. The van der Waals surface area contributed by atoms with Gasteiger partial charge in [0.2, 0.25) is 5.91 Å². The lowest BCUT2D eigenvalue weighted by Crippen LogP contribution is -2.13. The predicted molar refractivity (Wildman–Crippen MR) is 77.6 cm³/mol. The number of halogens is 3. The fourth-order valence-corrected chi connectivity index (χ4v) is 2.91. The van der Waals surface area contributed by atoms with E-state index >= 15 is 0 Å². The highest BCUT2D eigenvalue weighted by atomic mass is 32.2. The van der Waals surface area contributed by atoms with E-state index in [1.54, 1.807) is 12.3 Å². The molecule has 1 aromatic carbocycles. The van der Waals surface area contributed by atoms with Gasteiger partial charge in [-0.2, -0.15) is 13.2 Å². The van der Waals surface area contributed by atoms with E-state index in [9.17, 15) is 18.0 Å². The van der Waals surface area contributed by atoms with Crippen molar-refractivity contribution in [3.8, 4) is 0 Å². The predicted octanol–water partition coefficient (Wildman–Crippen LogP) is 4.20. The van der Waals surface area contributed by atoms with E-state index in [1.165, 1.54) is 17.4 Å². The molecule has 0 unspecified atom stereocenters. The molecule has 0 spiro atoms. The minimum atomic E-state index is -4.38. The number of nitrogens with one attached hydrogen (secondary N) is 1. The summed E-state index contributed by atoms with van der Waals surface area (Å²) < 4.78 is 37.7. The number of aromatic nitrogens is 1. The van der Waals surface area contributed by atoms with Crippen LogP contribution in [0.3, 0.4) is 0 Å². The minimum absolute atomic E-state index is 0.0277. The molecule has 0 saturated carbocycles. The molecule has 0 aliphatic rings. The molecule has 21 heavy (non-hydrogen) atoms. The van der Waals surface area contributed by atoms with Crippen molar-refractivity contribution in [3.05, 3.63) is 40.9 Å². The smallest absolute Gasteiger partial charge is 0.301 e. The Morgan fingerprint density at radius 1 is 1.43 bits per heavy atom. The Labute approximate surface area is 127 Å². The molecule has 0 radical (unpaired) electrons. The molecule has 2 rings (SSSR count). The molecule has 1 heterocycles. The summed E-state index contributed by atoms with van der Waals surface area (Å²) in [7, 11) is 0. The van der Waals surface area contributed by atoms with E-state index in [0.717, 1.165) is 28.8 Å². The second-order valence-corrected chi connectivity index (χ2v) is 6.42. The number of carbonyl (C=O) groups is 1. The zero-order valence-electron chi connectivity index (χ0n) is 10.9. The third-order valence-electron chi connectivity index (χ3n) is 2.40. The molecule has 1 amide bonds. The lowest BCUT2D eigenvalue weighted by molar-refractivity contribution is -0.137. The Balaban J connectivity index is 1.92. The highest BCUT2D eigenvalue weighted by Gasteiger charge is 2.30. The highest BCUT2D eigenvalue weighted by Crippen LogP contribution is 2.31. The maximum atomic E-state index is 12.6. The number of carbonyl (C=O) groups excluding carboxylic acids is 1. The number of hydrogen-bond donors (Lipinski definition) is 1. The van der Waals surface area contributed by atoms with Gasteiger partial charge in [0.1, 0.15) is 0 Å². The second-order valence-electron chi connectivity index (χ2n) is 4.14. The molecule has 112 valence electrons. The molecular formula is C13H11F3N2OS2. The Hall–Kier alpha value is -1.54. The summed E-state index contributed by atoms with van der Waals surface area (Å²) in [5.74, 6) is -0.272. The fraction of sp³-hybridized carbons (Fsp3) is 0.231. The Bertz CT molecular complexity index is 640. The molecule has 8 heteroatoms. The molecule has 3 nitrogen and oxygen atoms in total. The van der Waals surface area contributed by atoms with E-state index in [4.69, 9.17) is 0 Å². The van der Waals surface area contributed by atoms with Gasteiger partial charge < -0.3 is 5.32 Å². The number of aryl methyl sites for hydroxylation is 1. The van der Waals surface area contributed by atoms with Crippen LogP contribution in [0.4, 0.5) is 18.3 Å². The summed E-state index contributed by atoms with van der Waals surface area (Å²) in [6.07, 6.45) is -2.74. The van der Waals surface area contributed by atoms with Gasteiger partial charge in [0, 0.05) is 16.0 Å². The molecule has 0 atom stereocenters. The molecular weight excluding hydrogens is 321 g/mol. The first-order valence-electron chi connectivity index (χ1n) is 5.87. The van der Waals surface area contributed by atoms with Crippen molar-refractivity contribution in [2.45, 2.75) is 18.0 Å². The van der Waals surface area contributed by atoms with Crippen LogP contribution in [0.25, 0.3) is 0 Å². The summed E-state index contributed by atoms with van der Waals surface area (Å²) in [6, 6.07) is 4.90. The number of amides is 1. The summed E-state index contributed by atoms with van der Waals surface area (Å²) >= 11 is 2.39. The van der Waals surface area contributed by atoms with Crippen LogP contribution < -0.4 is 5.32 Å². The lowest BCUT2D eigenvalue weighted by Gasteiger charge is -2.08. The van der Waals surface area contributed by atoms with Crippen molar-refractivity contribution in [3.63, 3.8) is 0 Å². The SMILES string of the molecule is Cc1cnc(NC(=O)CSc2cccc(C(F)(F)F)c2)s1. The molecule has 1 aromatic heterocycles. The first-order valence-corrected chi connectivity index (χ1v) is 7.67. The van der Waals surface area contributed by atoms with Crippen molar-refractivity contribution in [1.29, 1.82) is 0 Å². The Morgan fingerprint density at radius 2 is 2.19 bits per heavy atom. The zero-order valence-corrected chi connectivity index (χ0v) is 12.5. The van der Waals surface area contributed by atoms with E-state index in [1.807, 2.05) is 6.92 Å². The summed E-state index contributed by atoms with van der Waals surface area (Å²) in [5.41, 5.74) is -0.719. The molecule has 0 bridgehead atoms. The van der Waals surface area contributed by atoms with Crippen molar-refractivity contribution in [1.82, 2.24) is 4.98 Å². The summed E-state index contributed by atoms with van der Waals surface area (Å²) in [5, 5.41) is 3.09. The highest BCUT2D eigenvalue weighted by molar-refractivity contribution is 8.00. The van der Waals surface area contributed by atoms with E-state index < -0.39 is 11.7 Å². The van der Waals surface area contributed by atoms with Gasteiger partial charge in [0.05, 0.1) is 11.3 Å². The zero-order chi connectivity index (χ0) is 15.5. The third-order valence-corrected chi connectivity index (χ3v) is 4.22. The lowest BCUT2D eigenvalue weighted by atomic mass is 10.2. The minimum Gasteiger partial charge on any atom is -0.301 e. The largest absolute Gasteiger partial charge is 0.416 e. The molecule has 0 fully saturated rings. The maximum Gasteiger partial charge on any atom is 0.416 e. The summed E-state index contributed by atoms with van der Waals surface area (Å²) in [6.45, 7) is 1.87. The van der Waals surface area contributed by atoms with Crippen LogP contribution in [0.5, 0.6) is 0 Å². The third kappa shape index (κ3) is 4.75. The average molecular weight is 332 g/mol. The maximum absolute atomic E-state index is 12.6. The fourth-order valence-electron chi connectivity index (χ4n) is 1.48. The van der Waals surface area contributed by atoms with Gasteiger partial charge in [-0.05, 0) is 25.1 Å². The molecule has 0 saturated heterocycles. The van der Waals surface area contributed by atoms with Crippen molar-refractivity contribution in [2.75, 3.05) is 11.1 Å². The molecule has 2 aromatic rings. The number of thioether (sulfide) groups is 1. The number of nitrogens with zero attached hydrogens (tertiary/aromatic N) is 1. The molecule has 0 aliphatic heterocycles. The van der Waals surface area contributed by atoms with Crippen LogP contribution in [0, 0.1) is 6.92 Å². The average Bonchev–Trinajstić information content (AvgIpc) is 2.81. The van der Waals surface area contributed by atoms with Gasteiger partial charge in [-0.25, -0.2) is 4.98 Å². The first kappa shape index (κ1) is 15.8. The van der Waals surface area contributed by atoms with E-state index in [2.05, 4.69) is 10.3 Å². The van der Waals surface area contributed by atoms with Crippen LogP contribution in [0.1, 0.15) is 10.4 Å². The normalized spacial score (nSPS) is 11.4. The molecule has 0 aliphatic carbocycles. The van der Waals surface area contributed by atoms with Crippen LogP contribution in [0.15, 0.2) is 35.4 Å². The Morgan fingerprint density at radius 3 is 2.81 bits per heavy atom. The quantitative estimate of drug-likeness (QED) is 0.853. The van der Waals surface area contributed by atoms with Gasteiger partial charge in [-0.15, -0.1) is 23.1 Å². The van der Waals surface area contributed by atoms with E-state index in [-0.39, 0.29) is 11.7 Å². The monoisotopic (exact) mass is 332 g/mol. The van der Waals surface area contributed by atoms with Crippen molar-refractivity contribution in [2.24, 2.45) is 0 Å². The topological polar surface area (TPSA) is 42.0 Å². The van der Waals surface area contributed by atoms with Gasteiger partial charge in [0.15, 0.2) is 5.13 Å². The standard InChI is InChI=1S/C13H11F3N2OS2/c1-8-6-17-12(21-8)18-11(19)7-20-10-4-2-3-9(5-10)13(14,15)16/h2-6H,7H2,1H3,(H,17,18,19). The van der Waals surface area contributed by atoms with Crippen molar-refractivity contribution < 1.29 is 18.0 Å². The number of alkyl halides is 3. The van der Waals surface area contributed by atoms with Gasteiger partial charge in [-0.3, -0.25) is 4.79 Å². The van der Waals surface area contributed by atoms with Gasteiger partial charge in [-0.1, -0.05) is 6.07 Å². The number of thiazole rings is 1. The number of benzene rings is 1. The Kier molecular flexibility index (Phi) is 4.89. The molecule has 1 N–H and O–H groups in total. The first-order chi connectivity index (χ1) is 9.84. The van der Waals surface area contributed by atoms with Gasteiger partial charge in [0.25, 0.3) is 0 Å². The van der Waals surface area contributed by atoms with Crippen LogP contribution in [-0.2, 0) is 11.0 Å². The second kappa shape index (κ2) is 6.48. The number of anilines is 1. The van der Waals surface area contributed by atoms with Crippen LogP contribution in [0.2, 0.25) is 0 Å². The number of rotatable bonds is 4.